The molecule has 2 aliphatic heterocycles. The molecule has 2 aromatic heterocycles. The number of alkyl halides is 4. The summed E-state index contributed by atoms with van der Waals surface area (Å²) in [6.07, 6.45) is -3.61. The Morgan fingerprint density at radius 3 is 1.88 bits per heavy atom. The second kappa shape index (κ2) is 14.3. The number of rotatable bonds is 10. The first-order valence-electron chi connectivity index (χ1n) is 16.1. The molecule has 0 fully saturated rings. The van der Waals surface area contributed by atoms with Gasteiger partial charge in [-0.3, -0.25) is 19.4 Å². The number of amides is 1. The number of fused-ring (bicyclic) bond motifs is 2. The third kappa shape index (κ3) is 7.47. The zero-order chi connectivity index (χ0) is 33.9. The van der Waals surface area contributed by atoms with Gasteiger partial charge in [-0.05, 0) is 71.0 Å². The summed E-state index contributed by atoms with van der Waals surface area (Å²) >= 11 is 0. The fourth-order valence-corrected chi connectivity index (χ4v) is 6.61. The summed E-state index contributed by atoms with van der Waals surface area (Å²) in [6.45, 7) is 5.08. The molecule has 0 saturated heterocycles. The fourth-order valence-electron chi connectivity index (χ4n) is 6.61. The van der Waals surface area contributed by atoms with Gasteiger partial charge >= 0.3 is 0 Å². The minimum Gasteiger partial charge on any atom is -0.320 e. The van der Waals surface area contributed by atoms with Gasteiger partial charge in [0, 0.05) is 62.5 Å². The van der Waals surface area contributed by atoms with E-state index in [0.717, 1.165) is 50.3 Å². The number of nitrogens with one attached hydrogen (secondary N) is 1. The number of Topliss-reactive ketones (excluding diaryl/α,β-unsaturated/α-hetero) is 1. The molecule has 0 aliphatic carbocycles. The Balaban J connectivity index is 1.16. The summed E-state index contributed by atoms with van der Waals surface area (Å²) in [6, 6.07) is 18.4. The van der Waals surface area contributed by atoms with Gasteiger partial charge in [-0.15, -0.1) is 0 Å². The van der Waals surface area contributed by atoms with Crippen LogP contribution in [-0.4, -0.2) is 70.5 Å². The van der Waals surface area contributed by atoms with Crippen LogP contribution in [-0.2, 0) is 32.4 Å². The van der Waals surface area contributed by atoms with Gasteiger partial charge in [-0.1, -0.05) is 42.5 Å². The number of ketones is 1. The van der Waals surface area contributed by atoms with E-state index in [2.05, 4.69) is 15.3 Å². The molecule has 4 heterocycles. The van der Waals surface area contributed by atoms with E-state index in [4.69, 9.17) is 0 Å². The van der Waals surface area contributed by atoms with Crippen LogP contribution in [0.15, 0.2) is 60.7 Å². The van der Waals surface area contributed by atoms with Gasteiger partial charge in [-0.2, -0.15) is 0 Å². The molecule has 0 saturated carbocycles. The van der Waals surface area contributed by atoms with E-state index in [1.807, 2.05) is 56.3 Å². The molecule has 0 radical (unpaired) electrons. The minimum atomic E-state index is -2.40. The normalized spacial score (nSPS) is 15.0. The van der Waals surface area contributed by atoms with Crippen LogP contribution in [0.1, 0.15) is 60.2 Å². The highest BCUT2D eigenvalue weighted by molar-refractivity contribution is 6.04. The number of benzene rings is 2. The van der Waals surface area contributed by atoms with Crippen molar-refractivity contribution in [3.8, 4) is 11.1 Å². The summed E-state index contributed by atoms with van der Waals surface area (Å²) < 4.78 is 51.4. The lowest BCUT2D eigenvalue weighted by Gasteiger charge is -2.27. The zero-order valence-electron chi connectivity index (χ0n) is 26.9. The third-order valence-corrected chi connectivity index (χ3v) is 9.23. The molecule has 7 nitrogen and oxygen atoms in total. The fraction of sp³-hybridized carbons (Fsp3) is 0.351. The number of anilines is 1. The molecule has 11 heteroatoms. The van der Waals surface area contributed by atoms with Crippen LogP contribution >= 0.6 is 0 Å². The number of aromatic nitrogens is 2. The van der Waals surface area contributed by atoms with Gasteiger partial charge in [-0.25, -0.2) is 27.5 Å². The van der Waals surface area contributed by atoms with Gasteiger partial charge in [0.05, 0.1) is 13.1 Å². The standard InChI is InChI=1S/C37H37F4N5O2/c1-22-24(17-34(47)32-11-9-25-18-45(20-35(38)39)15-13-30(25)42-32)5-3-6-27(22)28-7-4-8-29(23(28)2)44-37(48)33-12-10-26-19-46(21-36(40)41)16-14-31(26)43-33/h3-12,35-36H,13-21H2,1-2H3,(H,44,48). The average Bonchev–Trinajstić information content (AvgIpc) is 3.05. The quantitative estimate of drug-likeness (QED) is 0.151. The minimum absolute atomic E-state index is 0.120. The molecule has 4 aromatic rings. The number of halogens is 4. The summed E-state index contributed by atoms with van der Waals surface area (Å²) in [4.78, 5) is 39.2. The van der Waals surface area contributed by atoms with Gasteiger partial charge in [0.1, 0.15) is 11.4 Å². The predicted molar refractivity (Wildman–Crippen MR) is 176 cm³/mol. The van der Waals surface area contributed by atoms with Crippen molar-refractivity contribution in [3.05, 3.63) is 111 Å². The Kier molecular flexibility index (Phi) is 9.98. The zero-order valence-corrected chi connectivity index (χ0v) is 26.9. The molecule has 6 rings (SSSR count). The first kappa shape index (κ1) is 33.4. The number of carbonyl (C=O) groups is 2. The molecule has 2 aliphatic rings. The summed E-state index contributed by atoms with van der Waals surface area (Å²) in [5.41, 5.74) is 9.03. The van der Waals surface area contributed by atoms with Crippen molar-refractivity contribution in [2.24, 2.45) is 0 Å². The predicted octanol–water partition coefficient (Wildman–Crippen LogP) is 6.68. The van der Waals surface area contributed by atoms with Gasteiger partial charge in [0.25, 0.3) is 18.8 Å². The molecule has 2 aromatic carbocycles. The lowest BCUT2D eigenvalue weighted by molar-refractivity contribution is 0.0812. The van der Waals surface area contributed by atoms with Crippen LogP contribution in [0.4, 0.5) is 23.2 Å². The highest BCUT2D eigenvalue weighted by Crippen LogP contribution is 2.33. The molecule has 1 N–H and O–H groups in total. The van der Waals surface area contributed by atoms with E-state index in [0.29, 0.717) is 50.4 Å². The molecule has 0 unspecified atom stereocenters. The Morgan fingerprint density at radius 1 is 0.729 bits per heavy atom. The summed E-state index contributed by atoms with van der Waals surface area (Å²) in [5.74, 6) is -0.478. The monoisotopic (exact) mass is 659 g/mol. The number of hydrogen-bond acceptors (Lipinski definition) is 6. The van der Waals surface area contributed by atoms with Crippen molar-refractivity contribution in [2.75, 3.05) is 31.5 Å². The molecule has 0 spiro atoms. The Labute approximate surface area is 277 Å². The van der Waals surface area contributed by atoms with Crippen molar-refractivity contribution in [3.63, 3.8) is 0 Å². The van der Waals surface area contributed by atoms with Gasteiger partial charge < -0.3 is 5.32 Å². The van der Waals surface area contributed by atoms with Crippen LogP contribution < -0.4 is 5.32 Å². The molecule has 1 amide bonds. The van der Waals surface area contributed by atoms with E-state index >= 15 is 0 Å². The number of hydrogen-bond donors (Lipinski definition) is 1. The average molecular weight is 660 g/mol. The van der Waals surface area contributed by atoms with Crippen molar-refractivity contribution in [2.45, 2.75) is 59.1 Å². The molecule has 250 valence electrons. The van der Waals surface area contributed by atoms with E-state index in [1.54, 1.807) is 28.0 Å². The van der Waals surface area contributed by atoms with Crippen LogP contribution in [0.2, 0.25) is 0 Å². The topological polar surface area (TPSA) is 78.4 Å². The molecule has 48 heavy (non-hydrogen) atoms. The summed E-state index contributed by atoms with van der Waals surface area (Å²) in [7, 11) is 0. The van der Waals surface area contributed by atoms with Crippen molar-refractivity contribution < 1.29 is 27.2 Å². The Hall–Kier alpha value is -4.48. The molecular weight excluding hydrogens is 622 g/mol. The number of nitrogens with zero attached hydrogens (tertiary/aromatic N) is 4. The van der Waals surface area contributed by atoms with Gasteiger partial charge in [0.2, 0.25) is 0 Å². The van der Waals surface area contributed by atoms with E-state index in [9.17, 15) is 27.2 Å². The number of carbonyl (C=O) groups excluding carboxylic acids is 2. The maximum atomic E-state index is 13.4. The van der Waals surface area contributed by atoms with Crippen LogP contribution in [0, 0.1) is 13.8 Å². The van der Waals surface area contributed by atoms with Crippen LogP contribution in [0.25, 0.3) is 11.1 Å². The Morgan fingerprint density at radius 2 is 1.27 bits per heavy atom. The van der Waals surface area contributed by atoms with Crippen LogP contribution in [0.3, 0.4) is 0 Å². The highest BCUT2D eigenvalue weighted by Gasteiger charge is 2.24. The van der Waals surface area contributed by atoms with Crippen molar-refractivity contribution >= 4 is 17.4 Å². The second-order valence-electron chi connectivity index (χ2n) is 12.5. The van der Waals surface area contributed by atoms with Crippen molar-refractivity contribution in [1.82, 2.24) is 19.8 Å². The second-order valence-corrected chi connectivity index (χ2v) is 12.5. The maximum absolute atomic E-state index is 13.4. The van der Waals surface area contributed by atoms with E-state index in [-0.39, 0.29) is 36.9 Å². The smallest absolute Gasteiger partial charge is 0.274 e. The largest absolute Gasteiger partial charge is 0.320 e. The first-order chi connectivity index (χ1) is 23.0. The van der Waals surface area contributed by atoms with Crippen LogP contribution in [0.5, 0.6) is 0 Å². The lowest BCUT2D eigenvalue weighted by atomic mass is 9.91. The third-order valence-electron chi connectivity index (χ3n) is 9.23. The number of pyridine rings is 2. The van der Waals surface area contributed by atoms with E-state index < -0.39 is 12.9 Å². The lowest BCUT2D eigenvalue weighted by Crippen LogP contribution is -2.35. The van der Waals surface area contributed by atoms with Crippen molar-refractivity contribution in [1.29, 1.82) is 0 Å². The SMILES string of the molecule is Cc1c(CC(=O)c2ccc3c(n2)CCN(CC(F)F)C3)cccc1-c1cccc(NC(=O)c2ccc3c(n2)CCN(CC(F)F)C3)c1C. The first-order valence-corrected chi connectivity index (χ1v) is 16.1. The Bertz CT molecular complexity index is 1710. The van der Waals surface area contributed by atoms with Gasteiger partial charge in [0.15, 0.2) is 5.78 Å². The summed E-state index contributed by atoms with van der Waals surface area (Å²) in [5, 5.41) is 2.99. The highest BCUT2D eigenvalue weighted by atomic mass is 19.3. The molecule has 0 atom stereocenters. The maximum Gasteiger partial charge on any atom is 0.274 e. The van der Waals surface area contributed by atoms with E-state index in [1.165, 1.54) is 0 Å². The molecule has 0 bridgehead atoms. The molecular formula is C37H37F4N5O2.